The molecule has 0 unspecified atom stereocenters. The highest BCUT2D eigenvalue weighted by Crippen LogP contribution is 2.33. The van der Waals surface area contributed by atoms with Crippen molar-refractivity contribution in [3.05, 3.63) is 52.5 Å². The summed E-state index contributed by atoms with van der Waals surface area (Å²) >= 11 is 1.19. The molecule has 3 rings (SSSR count). The zero-order valence-corrected chi connectivity index (χ0v) is 17.8. The van der Waals surface area contributed by atoms with Gasteiger partial charge in [-0.25, -0.2) is 4.98 Å². The first-order valence-electron chi connectivity index (χ1n) is 9.76. The van der Waals surface area contributed by atoms with Gasteiger partial charge in [0, 0.05) is 12.7 Å². The Morgan fingerprint density at radius 2 is 2.13 bits per heavy atom. The minimum absolute atomic E-state index is 0.0676. The molecule has 2 aromatic heterocycles. The number of carbonyl (C=O) groups is 1. The fraction of sp³-hybridized carbons (Fsp3) is 0.381. The first kappa shape index (κ1) is 23.0. The van der Waals surface area contributed by atoms with Crippen LogP contribution in [0.15, 0.2) is 41.5 Å². The third-order valence-corrected chi connectivity index (χ3v) is 5.41. The summed E-state index contributed by atoms with van der Waals surface area (Å²) in [6.45, 7) is 3.93. The van der Waals surface area contributed by atoms with E-state index < -0.39 is 23.8 Å². The van der Waals surface area contributed by atoms with E-state index in [0.29, 0.717) is 16.2 Å². The van der Waals surface area contributed by atoms with Crippen molar-refractivity contribution < 1.29 is 27.8 Å². The van der Waals surface area contributed by atoms with Gasteiger partial charge >= 0.3 is 6.18 Å². The molecule has 0 aliphatic carbocycles. The van der Waals surface area contributed by atoms with Crippen molar-refractivity contribution in [1.29, 1.82) is 0 Å². The van der Waals surface area contributed by atoms with Gasteiger partial charge in [-0.1, -0.05) is 24.7 Å². The number of halogens is 3. The van der Waals surface area contributed by atoms with Gasteiger partial charge in [0.1, 0.15) is 17.2 Å². The third-order valence-electron chi connectivity index (χ3n) is 4.41. The summed E-state index contributed by atoms with van der Waals surface area (Å²) in [4.78, 5) is 22.4. The highest BCUT2D eigenvalue weighted by molar-refractivity contribution is 7.15. The molecule has 0 bridgehead atoms. The Kier molecular flexibility index (Phi) is 7.11. The van der Waals surface area contributed by atoms with Crippen LogP contribution in [0.2, 0.25) is 0 Å². The van der Waals surface area contributed by atoms with Crippen molar-refractivity contribution in [2.75, 3.05) is 6.61 Å². The Morgan fingerprint density at radius 3 is 2.81 bits per heavy atom. The van der Waals surface area contributed by atoms with E-state index >= 15 is 0 Å². The number of aryl methyl sites for hydroxylation is 1. The maximum absolute atomic E-state index is 13.2. The largest absolute Gasteiger partial charge is 0.490 e. The van der Waals surface area contributed by atoms with Gasteiger partial charge in [-0.15, -0.1) is 0 Å². The van der Waals surface area contributed by atoms with Crippen LogP contribution in [0.4, 0.5) is 13.2 Å². The van der Waals surface area contributed by atoms with Gasteiger partial charge in [0.15, 0.2) is 4.80 Å². The minimum Gasteiger partial charge on any atom is -0.490 e. The van der Waals surface area contributed by atoms with Gasteiger partial charge in [0.05, 0.1) is 22.7 Å². The molecule has 6 nitrogen and oxygen atoms in total. The molecule has 0 saturated carbocycles. The van der Waals surface area contributed by atoms with Gasteiger partial charge in [-0.05, 0) is 43.7 Å². The number of aliphatic hydroxyl groups excluding tert-OH is 1. The highest BCUT2D eigenvalue weighted by atomic mass is 32.1. The van der Waals surface area contributed by atoms with E-state index in [2.05, 4.69) is 9.98 Å². The van der Waals surface area contributed by atoms with Gasteiger partial charge in [0.2, 0.25) is 0 Å². The number of hydrogen-bond acceptors (Lipinski definition) is 5. The second-order valence-electron chi connectivity index (χ2n) is 7.00. The average Bonchev–Trinajstić information content (AvgIpc) is 3.06. The Hall–Kier alpha value is -2.72. The number of ether oxygens (including phenoxy) is 1. The van der Waals surface area contributed by atoms with Crippen LogP contribution in [0.3, 0.4) is 0 Å². The molecule has 0 radical (unpaired) electrons. The van der Waals surface area contributed by atoms with Crippen LogP contribution in [0.25, 0.3) is 10.3 Å². The molecule has 1 amide bonds. The fourth-order valence-corrected chi connectivity index (χ4v) is 3.88. The zero-order valence-electron chi connectivity index (χ0n) is 17.0. The molecule has 0 spiro atoms. The Bertz CT molecular complexity index is 1140. The Balaban J connectivity index is 2.10. The normalized spacial score (nSPS) is 13.5. The lowest BCUT2D eigenvalue weighted by Gasteiger charge is -2.13. The van der Waals surface area contributed by atoms with E-state index in [1.807, 2.05) is 17.6 Å². The minimum atomic E-state index is -4.62. The molecule has 10 heteroatoms. The molecule has 2 heterocycles. The van der Waals surface area contributed by atoms with Gasteiger partial charge < -0.3 is 14.4 Å². The number of aliphatic hydroxyl groups is 1. The lowest BCUT2D eigenvalue weighted by Crippen LogP contribution is -2.19. The summed E-state index contributed by atoms with van der Waals surface area (Å²) in [5, 5.41) is 9.44. The fourth-order valence-electron chi connectivity index (χ4n) is 2.88. The van der Waals surface area contributed by atoms with Crippen molar-refractivity contribution in [1.82, 2.24) is 9.55 Å². The highest BCUT2D eigenvalue weighted by Gasteiger charge is 2.32. The van der Waals surface area contributed by atoms with Crippen molar-refractivity contribution in [2.45, 2.75) is 45.5 Å². The summed E-state index contributed by atoms with van der Waals surface area (Å²) in [6, 6.07) is 6.27. The summed E-state index contributed by atoms with van der Waals surface area (Å²) in [6.07, 6.45) is -2.09. The number of carbonyl (C=O) groups excluding carboxylic acids is 1. The van der Waals surface area contributed by atoms with Gasteiger partial charge in [-0.2, -0.15) is 18.2 Å². The van der Waals surface area contributed by atoms with E-state index in [1.54, 1.807) is 12.3 Å². The number of amides is 1. The lowest BCUT2D eigenvalue weighted by molar-refractivity contribution is -0.137. The quantitative estimate of drug-likeness (QED) is 0.575. The van der Waals surface area contributed by atoms with Crippen LogP contribution in [0, 0.1) is 0 Å². The number of nitrogens with zero attached hydrogens (tertiary/aromatic N) is 3. The molecule has 3 aromatic rings. The maximum atomic E-state index is 13.2. The standard InChI is InChI=1S/C21H22F3N3O3S/c1-3-4-10-27-16-6-5-9-25-19(16)31-20(27)26-18(29)15-11-14(21(22,23)24)7-8-17(15)30-12-13(2)28/h5-9,11,13,28H,3-4,10,12H2,1-2H3/b26-20-/t13-/m1/s1. The number of fused-ring (bicyclic) bond motifs is 1. The summed E-state index contributed by atoms with van der Waals surface area (Å²) in [7, 11) is 0. The molecule has 31 heavy (non-hydrogen) atoms. The molecule has 0 aliphatic rings. The summed E-state index contributed by atoms with van der Waals surface area (Å²) in [5.41, 5.74) is -0.489. The first-order valence-corrected chi connectivity index (χ1v) is 10.6. The number of unbranched alkanes of at least 4 members (excludes halogenated alkanes) is 1. The zero-order chi connectivity index (χ0) is 22.6. The predicted octanol–water partition coefficient (Wildman–Crippen LogP) is 4.42. The van der Waals surface area contributed by atoms with Crippen LogP contribution in [-0.2, 0) is 12.7 Å². The summed E-state index contributed by atoms with van der Waals surface area (Å²) < 4.78 is 46.9. The number of hydrogen-bond donors (Lipinski definition) is 1. The van der Waals surface area contributed by atoms with E-state index in [9.17, 15) is 23.1 Å². The van der Waals surface area contributed by atoms with Gasteiger partial charge in [-0.3, -0.25) is 4.79 Å². The Labute approximate surface area is 180 Å². The average molecular weight is 453 g/mol. The second-order valence-corrected chi connectivity index (χ2v) is 7.96. The van der Waals surface area contributed by atoms with Gasteiger partial charge in [0.25, 0.3) is 5.91 Å². The van der Waals surface area contributed by atoms with Crippen LogP contribution < -0.4 is 9.54 Å². The number of thiazole rings is 1. The molecule has 0 saturated heterocycles. The van der Waals surface area contributed by atoms with Crippen molar-refractivity contribution in [3.63, 3.8) is 0 Å². The van der Waals surface area contributed by atoms with Crippen molar-refractivity contribution in [2.24, 2.45) is 4.99 Å². The SMILES string of the molecule is CCCCn1/c(=N/C(=O)c2cc(C(F)(F)F)ccc2OC[C@@H](C)O)sc2ncccc21. The van der Waals surface area contributed by atoms with E-state index in [1.165, 1.54) is 18.3 Å². The third kappa shape index (κ3) is 5.50. The Morgan fingerprint density at radius 1 is 1.35 bits per heavy atom. The first-order chi connectivity index (χ1) is 14.7. The molecule has 0 aliphatic heterocycles. The van der Waals surface area contributed by atoms with Crippen LogP contribution in [0.5, 0.6) is 5.75 Å². The molecule has 0 fully saturated rings. The molecular formula is C21H22F3N3O3S. The molecule has 1 N–H and O–H groups in total. The van der Waals surface area contributed by atoms with Crippen molar-refractivity contribution >= 4 is 27.6 Å². The predicted molar refractivity (Wildman–Crippen MR) is 111 cm³/mol. The number of aromatic nitrogens is 2. The van der Waals surface area contributed by atoms with E-state index in [4.69, 9.17) is 4.74 Å². The molecular weight excluding hydrogens is 431 g/mol. The molecule has 1 atom stereocenters. The van der Waals surface area contributed by atoms with Crippen molar-refractivity contribution in [3.8, 4) is 5.75 Å². The lowest BCUT2D eigenvalue weighted by atomic mass is 10.1. The smallest absolute Gasteiger partial charge is 0.416 e. The molecule has 166 valence electrons. The molecule has 1 aromatic carbocycles. The topological polar surface area (TPSA) is 76.7 Å². The van der Waals surface area contributed by atoms with Crippen LogP contribution >= 0.6 is 11.3 Å². The monoisotopic (exact) mass is 453 g/mol. The maximum Gasteiger partial charge on any atom is 0.416 e. The van der Waals surface area contributed by atoms with E-state index in [0.717, 1.165) is 36.6 Å². The van der Waals surface area contributed by atoms with Crippen LogP contribution in [-0.4, -0.2) is 33.3 Å². The number of pyridine rings is 1. The number of benzene rings is 1. The van der Waals surface area contributed by atoms with Crippen LogP contribution in [0.1, 0.15) is 42.6 Å². The second kappa shape index (κ2) is 9.61. The van der Waals surface area contributed by atoms with E-state index in [-0.39, 0.29) is 17.9 Å². The summed E-state index contributed by atoms with van der Waals surface area (Å²) in [5.74, 6) is -0.925. The number of rotatable bonds is 7. The number of alkyl halides is 3.